The van der Waals surface area contributed by atoms with E-state index in [4.69, 9.17) is 0 Å². The second kappa shape index (κ2) is 12.7. The molecule has 14 nitrogen and oxygen atoms in total. The highest BCUT2D eigenvalue weighted by atomic mass is 32.2. The number of hydrogen-bond donors (Lipinski definition) is 5. The van der Waals surface area contributed by atoms with E-state index in [9.17, 15) is 37.8 Å². The zero-order valence-electron chi connectivity index (χ0n) is 25.1. The fraction of sp³-hybridized carbons (Fsp3) is 0.290. The number of aromatic carboxylic acids is 1. The third-order valence-corrected chi connectivity index (χ3v) is 9.51. The zero-order valence-corrected chi connectivity index (χ0v) is 26.0. The Morgan fingerprint density at radius 1 is 1.04 bits per heavy atom. The predicted molar refractivity (Wildman–Crippen MR) is 164 cm³/mol. The Labute approximate surface area is 263 Å². The minimum atomic E-state index is -4.27. The molecular weight excluding hydrogens is 616 g/mol. The molecule has 15 heteroatoms. The average Bonchev–Trinajstić information content (AvgIpc) is 3.65. The van der Waals surface area contributed by atoms with E-state index >= 15 is 0 Å². The first-order chi connectivity index (χ1) is 21.8. The van der Waals surface area contributed by atoms with Gasteiger partial charge in [0.05, 0.1) is 22.7 Å². The Bertz CT molecular complexity index is 1990. The molecule has 2 amide bonds. The molecule has 5 N–H and O–H groups in total. The number of carboxylic acid groups (broad SMARTS) is 2. The average molecular weight is 649 g/mol. The van der Waals surface area contributed by atoms with Crippen LogP contribution in [-0.2, 0) is 27.8 Å². The maximum absolute atomic E-state index is 13.5. The van der Waals surface area contributed by atoms with Crippen LogP contribution in [0.25, 0.3) is 5.65 Å². The lowest BCUT2D eigenvalue weighted by atomic mass is 9.98. The molecule has 46 heavy (non-hydrogen) atoms. The van der Waals surface area contributed by atoms with Crippen LogP contribution < -0.4 is 15.4 Å². The molecule has 5 rings (SSSR count). The van der Waals surface area contributed by atoms with Crippen molar-refractivity contribution in [3.8, 4) is 0 Å². The molecule has 240 valence electrons. The number of sulfonamides is 1. The van der Waals surface area contributed by atoms with Gasteiger partial charge >= 0.3 is 11.9 Å². The van der Waals surface area contributed by atoms with E-state index in [1.54, 1.807) is 32.9 Å². The number of aliphatic carboxylic acids is 1. The van der Waals surface area contributed by atoms with E-state index in [0.717, 1.165) is 11.1 Å². The Kier molecular flexibility index (Phi) is 8.90. The third-order valence-electron chi connectivity index (χ3n) is 7.97. The summed E-state index contributed by atoms with van der Waals surface area (Å²) in [5.41, 5.74) is 2.93. The Hall–Kier alpha value is -5.15. The smallest absolute Gasteiger partial charge is 0.335 e. The van der Waals surface area contributed by atoms with Gasteiger partial charge in [-0.05, 0) is 60.1 Å². The number of nitrogens with zero attached hydrogens (tertiary/aromatic N) is 3. The molecule has 2 heterocycles. The molecule has 0 bridgehead atoms. The van der Waals surface area contributed by atoms with Crippen molar-refractivity contribution in [3.63, 3.8) is 0 Å². The lowest BCUT2D eigenvalue weighted by Crippen LogP contribution is -2.44. The molecule has 2 atom stereocenters. The van der Waals surface area contributed by atoms with Crippen molar-refractivity contribution in [2.24, 2.45) is 5.92 Å². The van der Waals surface area contributed by atoms with Gasteiger partial charge in [0, 0.05) is 18.7 Å². The number of hydrogen-bond acceptors (Lipinski definition) is 8. The first-order valence-corrected chi connectivity index (χ1v) is 15.9. The SMILES string of the molecule is Cc1c(C(=O)O)ccc2c1CC[C@@H]2NC(=O)c1cc(C(=O)NCc2ccccc2S(=O)(=O)N[C@H](C(=O)O)C(C)C)nc2ccnn12. The molecule has 0 saturated heterocycles. The number of amides is 2. The highest BCUT2D eigenvalue weighted by Gasteiger charge is 2.31. The standard InChI is InChI=1S/C31H32N6O8S/c1-16(2)27(31(42)43)36-46(44,45)25-7-5-4-6-18(25)15-32-28(38)23-14-24(37-26(34-23)12-13-33-37)29(39)35-22-11-10-19-17(3)20(30(40)41)8-9-21(19)22/h4-9,12-14,16,22,27,36H,10-11,15H2,1-3H3,(H,32,38)(H,35,39)(H,40,41)(H,42,43)/t22-,27-/m0/s1. The topological polar surface area (TPSA) is 209 Å². The fourth-order valence-corrected chi connectivity index (χ4v) is 7.14. The van der Waals surface area contributed by atoms with Crippen LogP contribution >= 0.6 is 0 Å². The van der Waals surface area contributed by atoms with Crippen LogP contribution in [-0.4, -0.2) is 63.0 Å². The number of nitrogens with one attached hydrogen (secondary N) is 3. The predicted octanol–water partition coefficient (Wildman–Crippen LogP) is 2.47. The van der Waals surface area contributed by atoms with E-state index < -0.39 is 45.7 Å². The molecule has 1 aliphatic carbocycles. The molecule has 2 aromatic carbocycles. The van der Waals surface area contributed by atoms with Gasteiger partial charge in [-0.1, -0.05) is 38.1 Å². The summed E-state index contributed by atoms with van der Waals surface area (Å²) < 4.78 is 29.8. The van der Waals surface area contributed by atoms with Crippen molar-refractivity contribution in [2.45, 2.75) is 57.1 Å². The Balaban J connectivity index is 1.36. The maximum atomic E-state index is 13.5. The number of carbonyl (C=O) groups excluding carboxylic acids is 2. The van der Waals surface area contributed by atoms with E-state index in [1.165, 1.54) is 47.1 Å². The van der Waals surface area contributed by atoms with Gasteiger partial charge in [0.15, 0.2) is 5.65 Å². The van der Waals surface area contributed by atoms with Gasteiger partial charge in [-0.25, -0.2) is 22.7 Å². The van der Waals surface area contributed by atoms with Crippen molar-refractivity contribution in [1.82, 2.24) is 30.0 Å². The van der Waals surface area contributed by atoms with Crippen molar-refractivity contribution in [3.05, 3.63) is 93.9 Å². The maximum Gasteiger partial charge on any atom is 0.335 e. The van der Waals surface area contributed by atoms with Gasteiger partial charge in [0.25, 0.3) is 11.8 Å². The van der Waals surface area contributed by atoms with E-state index in [0.29, 0.717) is 18.4 Å². The molecule has 2 aromatic heterocycles. The van der Waals surface area contributed by atoms with Crippen LogP contribution in [0.4, 0.5) is 0 Å². The summed E-state index contributed by atoms with van der Waals surface area (Å²) in [7, 11) is -4.27. The van der Waals surface area contributed by atoms with Crippen molar-refractivity contribution >= 4 is 39.4 Å². The van der Waals surface area contributed by atoms with Gasteiger partial charge in [0.1, 0.15) is 17.4 Å². The molecule has 0 unspecified atom stereocenters. The highest BCUT2D eigenvalue weighted by Crippen LogP contribution is 2.35. The Morgan fingerprint density at radius 2 is 1.78 bits per heavy atom. The van der Waals surface area contributed by atoms with Gasteiger partial charge in [-0.15, -0.1) is 0 Å². The van der Waals surface area contributed by atoms with Crippen LogP contribution in [0.1, 0.15) is 79.9 Å². The quantitative estimate of drug-likeness (QED) is 0.160. The number of benzene rings is 2. The van der Waals surface area contributed by atoms with Gasteiger partial charge in [-0.3, -0.25) is 14.4 Å². The van der Waals surface area contributed by atoms with Crippen LogP contribution in [0.15, 0.2) is 59.6 Å². The molecule has 0 fully saturated rings. The van der Waals surface area contributed by atoms with Gasteiger partial charge in [0.2, 0.25) is 10.0 Å². The van der Waals surface area contributed by atoms with Crippen LogP contribution in [0.3, 0.4) is 0 Å². The van der Waals surface area contributed by atoms with Gasteiger partial charge in [-0.2, -0.15) is 9.82 Å². The second-order valence-corrected chi connectivity index (χ2v) is 13.0. The molecule has 0 saturated carbocycles. The minimum absolute atomic E-state index is 0.0352. The summed E-state index contributed by atoms with van der Waals surface area (Å²) >= 11 is 0. The van der Waals surface area contributed by atoms with Crippen LogP contribution in [0.2, 0.25) is 0 Å². The summed E-state index contributed by atoms with van der Waals surface area (Å²) in [4.78, 5) is 54.1. The summed E-state index contributed by atoms with van der Waals surface area (Å²) in [6, 6.07) is 10.2. The first kappa shape index (κ1) is 32.2. The van der Waals surface area contributed by atoms with E-state index in [1.807, 2.05) is 0 Å². The first-order valence-electron chi connectivity index (χ1n) is 14.4. The summed E-state index contributed by atoms with van der Waals surface area (Å²) in [6.45, 7) is 4.67. The third kappa shape index (κ3) is 6.32. The van der Waals surface area contributed by atoms with E-state index in [-0.39, 0.29) is 45.6 Å². The largest absolute Gasteiger partial charge is 0.480 e. The molecule has 1 aliphatic rings. The highest BCUT2D eigenvalue weighted by molar-refractivity contribution is 7.89. The molecule has 4 aromatic rings. The monoisotopic (exact) mass is 648 g/mol. The lowest BCUT2D eigenvalue weighted by molar-refractivity contribution is -0.140. The number of rotatable bonds is 11. The van der Waals surface area contributed by atoms with Crippen LogP contribution in [0, 0.1) is 12.8 Å². The summed E-state index contributed by atoms with van der Waals surface area (Å²) in [5, 5.41) is 28.7. The zero-order chi connectivity index (χ0) is 33.3. The number of aromatic nitrogens is 3. The second-order valence-electron chi connectivity index (χ2n) is 11.3. The molecular formula is C31H32N6O8S. The molecule has 0 radical (unpaired) electrons. The van der Waals surface area contributed by atoms with Crippen molar-refractivity contribution in [2.75, 3.05) is 0 Å². The normalized spacial score (nSPS) is 15.0. The lowest BCUT2D eigenvalue weighted by Gasteiger charge is -2.19. The van der Waals surface area contributed by atoms with E-state index in [2.05, 4.69) is 25.4 Å². The van der Waals surface area contributed by atoms with Gasteiger partial charge < -0.3 is 20.8 Å². The van der Waals surface area contributed by atoms with Crippen molar-refractivity contribution in [1.29, 1.82) is 0 Å². The number of carbonyl (C=O) groups is 4. The summed E-state index contributed by atoms with van der Waals surface area (Å²) in [6.07, 6.45) is 2.58. The number of carboxylic acids is 2. The Morgan fingerprint density at radius 3 is 2.48 bits per heavy atom. The van der Waals surface area contributed by atoms with Crippen molar-refractivity contribution < 1.29 is 37.8 Å². The summed E-state index contributed by atoms with van der Waals surface area (Å²) in [5.74, 6) is -4.07. The fourth-order valence-electron chi connectivity index (χ4n) is 5.57. The number of fused-ring (bicyclic) bond motifs is 2. The molecule has 0 aliphatic heterocycles. The van der Waals surface area contributed by atoms with Crippen LogP contribution in [0.5, 0.6) is 0 Å². The molecule has 0 spiro atoms. The minimum Gasteiger partial charge on any atom is -0.480 e.